The number of likely N-dealkylation sites (tertiary alicyclic amines) is 1. The number of carbonyl (C=O) groups is 2. The summed E-state index contributed by atoms with van der Waals surface area (Å²) < 4.78 is 15.6. The zero-order valence-corrected chi connectivity index (χ0v) is 16.0. The Hall–Kier alpha value is -3.10. The lowest BCUT2D eigenvalue weighted by Gasteiger charge is -2.21. The van der Waals surface area contributed by atoms with Crippen LogP contribution in [0.5, 0.6) is 5.75 Å². The van der Waals surface area contributed by atoms with Crippen LogP contribution in [-0.2, 0) is 16.0 Å². The number of ether oxygens (including phenoxy) is 2. The number of benzene rings is 1. The number of hydrogen-bond donors (Lipinski definition) is 1. The molecule has 0 radical (unpaired) electrons. The van der Waals surface area contributed by atoms with E-state index in [0.717, 1.165) is 24.2 Å². The van der Waals surface area contributed by atoms with Gasteiger partial charge in [0, 0.05) is 13.0 Å². The minimum atomic E-state index is -0.502. The summed E-state index contributed by atoms with van der Waals surface area (Å²) >= 11 is 0. The van der Waals surface area contributed by atoms with Crippen molar-refractivity contribution in [1.82, 2.24) is 20.4 Å². The third kappa shape index (κ3) is 4.99. The summed E-state index contributed by atoms with van der Waals surface area (Å²) in [6.45, 7) is 2.82. The summed E-state index contributed by atoms with van der Waals surface area (Å²) in [5.41, 5.74) is 1.13. The minimum absolute atomic E-state index is 0.177. The van der Waals surface area contributed by atoms with Gasteiger partial charge in [-0.25, -0.2) is 4.79 Å². The van der Waals surface area contributed by atoms with Crippen LogP contribution >= 0.6 is 0 Å². The molecule has 9 nitrogen and oxygen atoms in total. The first-order valence-corrected chi connectivity index (χ1v) is 9.20. The van der Waals surface area contributed by atoms with E-state index < -0.39 is 5.97 Å². The second-order valence-corrected chi connectivity index (χ2v) is 6.55. The molecule has 1 atom stereocenters. The maximum absolute atomic E-state index is 12.3. The number of carbonyl (C=O) groups excluding carboxylic acids is 2. The van der Waals surface area contributed by atoms with Crippen molar-refractivity contribution in [2.24, 2.45) is 0 Å². The largest absolute Gasteiger partial charge is 0.493 e. The zero-order valence-electron chi connectivity index (χ0n) is 16.0. The van der Waals surface area contributed by atoms with Crippen LogP contribution < -0.4 is 10.1 Å². The van der Waals surface area contributed by atoms with Crippen LogP contribution in [0, 0.1) is 6.92 Å². The quantitative estimate of drug-likeness (QED) is 0.723. The van der Waals surface area contributed by atoms with Gasteiger partial charge in [-0.1, -0.05) is 17.3 Å². The fourth-order valence-corrected chi connectivity index (χ4v) is 3.06. The molecule has 2 heterocycles. The topological polar surface area (TPSA) is 107 Å². The Kier molecular flexibility index (Phi) is 6.46. The van der Waals surface area contributed by atoms with Crippen molar-refractivity contribution in [3.8, 4) is 5.75 Å². The number of aromatic nitrogens is 2. The van der Waals surface area contributed by atoms with Crippen molar-refractivity contribution < 1.29 is 23.6 Å². The van der Waals surface area contributed by atoms with E-state index in [1.807, 2.05) is 31.2 Å². The third-order valence-electron chi connectivity index (χ3n) is 4.48. The van der Waals surface area contributed by atoms with Gasteiger partial charge in [0.25, 0.3) is 0 Å². The lowest BCUT2D eigenvalue weighted by atomic mass is 10.2. The standard InChI is InChI=1S/C19H24N4O5/c1-13-5-3-6-14(11-13)27-10-8-16-21-18(28-22-16)15-7-4-9-23(15)19(25)20-12-17(24)26-2/h3,5-6,11,15H,4,7-10,12H2,1-2H3,(H,20,25). The van der Waals surface area contributed by atoms with E-state index >= 15 is 0 Å². The fourth-order valence-electron chi connectivity index (χ4n) is 3.06. The number of rotatable bonds is 7. The molecule has 1 fully saturated rings. The molecule has 150 valence electrons. The number of hydrogen-bond acceptors (Lipinski definition) is 7. The van der Waals surface area contributed by atoms with Crippen molar-refractivity contribution in [2.45, 2.75) is 32.2 Å². The van der Waals surface area contributed by atoms with Crippen molar-refractivity contribution in [3.63, 3.8) is 0 Å². The van der Waals surface area contributed by atoms with E-state index in [4.69, 9.17) is 9.26 Å². The maximum atomic E-state index is 12.3. The van der Waals surface area contributed by atoms with Gasteiger partial charge in [0.1, 0.15) is 18.3 Å². The van der Waals surface area contributed by atoms with E-state index in [1.165, 1.54) is 7.11 Å². The predicted molar refractivity (Wildman–Crippen MR) is 98.8 cm³/mol. The van der Waals surface area contributed by atoms with Crippen LogP contribution in [-0.4, -0.2) is 53.8 Å². The van der Waals surface area contributed by atoms with Gasteiger partial charge < -0.3 is 24.2 Å². The van der Waals surface area contributed by atoms with Crippen LogP contribution in [0.3, 0.4) is 0 Å². The van der Waals surface area contributed by atoms with Crippen LogP contribution in [0.4, 0.5) is 4.79 Å². The molecule has 0 saturated carbocycles. The van der Waals surface area contributed by atoms with Crippen LogP contribution in [0.1, 0.15) is 36.2 Å². The first-order valence-electron chi connectivity index (χ1n) is 9.20. The number of nitrogens with zero attached hydrogens (tertiary/aromatic N) is 3. The lowest BCUT2D eigenvalue weighted by molar-refractivity contribution is -0.139. The number of urea groups is 1. The molecule has 1 unspecified atom stereocenters. The van der Waals surface area contributed by atoms with E-state index in [0.29, 0.717) is 31.3 Å². The van der Waals surface area contributed by atoms with Crippen molar-refractivity contribution in [3.05, 3.63) is 41.5 Å². The highest BCUT2D eigenvalue weighted by Gasteiger charge is 2.34. The number of nitrogens with one attached hydrogen (secondary N) is 1. The van der Waals surface area contributed by atoms with E-state index in [1.54, 1.807) is 4.90 Å². The summed E-state index contributed by atoms with van der Waals surface area (Å²) in [4.78, 5) is 29.5. The second kappa shape index (κ2) is 9.20. The van der Waals surface area contributed by atoms with E-state index in [9.17, 15) is 9.59 Å². The van der Waals surface area contributed by atoms with Gasteiger partial charge in [0.05, 0.1) is 13.7 Å². The van der Waals surface area contributed by atoms with Gasteiger partial charge >= 0.3 is 12.0 Å². The van der Waals surface area contributed by atoms with Crippen molar-refractivity contribution in [2.75, 3.05) is 26.8 Å². The molecule has 1 aromatic heterocycles. The summed E-state index contributed by atoms with van der Waals surface area (Å²) in [6, 6.07) is 7.17. The molecule has 28 heavy (non-hydrogen) atoms. The van der Waals surface area contributed by atoms with Gasteiger partial charge in [0.2, 0.25) is 5.89 Å². The SMILES string of the molecule is COC(=O)CNC(=O)N1CCCC1c1nc(CCOc2cccc(C)c2)no1. The molecule has 0 aliphatic carbocycles. The summed E-state index contributed by atoms with van der Waals surface area (Å²) in [5.74, 6) is 1.23. The average molecular weight is 388 g/mol. The summed E-state index contributed by atoms with van der Waals surface area (Å²) in [5, 5.41) is 6.53. The van der Waals surface area contributed by atoms with Crippen LogP contribution in [0.25, 0.3) is 0 Å². The normalized spacial score (nSPS) is 16.1. The molecule has 1 N–H and O–H groups in total. The molecule has 1 aliphatic heterocycles. The molecule has 2 amide bonds. The number of amides is 2. The Morgan fingerprint density at radius 1 is 1.39 bits per heavy atom. The molecule has 3 rings (SSSR count). The molecule has 1 saturated heterocycles. The highest BCUT2D eigenvalue weighted by molar-refractivity contribution is 5.81. The van der Waals surface area contributed by atoms with Crippen molar-refractivity contribution >= 4 is 12.0 Å². The minimum Gasteiger partial charge on any atom is -0.493 e. The molecule has 0 spiro atoms. The predicted octanol–water partition coefficient (Wildman–Crippen LogP) is 2.02. The van der Waals surface area contributed by atoms with Gasteiger partial charge in [-0.2, -0.15) is 4.98 Å². The Morgan fingerprint density at radius 3 is 3.04 bits per heavy atom. The van der Waals surface area contributed by atoms with Crippen molar-refractivity contribution in [1.29, 1.82) is 0 Å². The highest BCUT2D eigenvalue weighted by atomic mass is 16.5. The third-order valence-corrected chi connectivity index (χ3v) is 4.48. The fraction of sp³-hybridized carbons (Fsp3) is 0.474. The first kappa shape index (κ1) is 19.7. The van der Waals surface area contributed by atoms with Gasteiger partial charge in [-0.3, -0.25) is 4.79 Å². The highest BCUT2D eigenvalue weighted by Crippen LogP contribution is 2.30. The molecule has 2 aromatic rings. The second-order valence-electron chi connectivity index (χ2n) is 6.55. The molecule has 1 aliphatic rings. The maximum Gasteiger partial charge on any atom is 0.325 e. The van der Waals surface area contributed by atoms with Gasteiger partial charge in [-0.05, 0) is 37.5 Å². The smallest absolute Gasteiger partial charge is 0.325 e. The Morgan fingerprint density at radius 2 is 2.25 bits per heavy atom. The Bertz CT molecular complexity index is 822. The van der Waals surface area contributed by atoms with Gasteiger partial charge in [-0.15, -0.1) is 0 Å². The Balaban J connectivity index is 1.53. The lowest BCUT2D eigenvalue weighted by Crippen LogP contribution is -2.41. The zero-order chi connectivity index (χ0) is 19.9. The van der Waals surface area contributed by atoms with E-state index in [-0.39, 0.29) is 18.6 Å². The molecule has 1 aromatic carbocycles. The summed E-state index contributed by atoms with van der Waals surface area (Å²) in [6.07, 6.45) is 2.05. The molecular weight excluding hydrogens is 364 g/mol. The monoisotopic (exact) mass is 388 g/mol. The van der Waals surface area contributed by atoms with Crippen LogP contribution in [0.15, 0.2) is 28.8 Å². The average Bonchev–Trinajstić information content (AvgIpc) is 3.35. The summed E-state index contributed by atoms with van der Waals surface area (Å²) in [7, 11) is 1.27. The number of aryl methyl sites for hydroxylation is 1. The Labute approximate surface area is 163 Å². The molecule has 0 bridgehead atoms. The number of esters is 1. The van der Waals surface area contributed by atoms with Crippen LogP contribution in [0.2, 0.25) is 0 Å². The number of methoxy groups -OCH3 is 1. The van der Waals surface area contributed by atoms with E-state index in [2.05, 4.69) is 20.2 Å². The molecule has 9 heteroatoms. The molecular formula is C19H24N4O5. The first-order chi connectivity index (χ1) is 13.6. The van der Waals surface area contributed by atoms with Gasteiger partial charge in [0.15, 0.2) is 5.82 Å².